The molecule has 1 aromatic heterocycles. The Labute approximate surface area is 136 Å². The number of aryl methyl sites for hydroxylation is 1. The SMILES string of the molecule is C=CCOC(=O)C1(CCn2cnnn2)CN2C(=O)[C@H](CO)[C@H]2S1. The van der Waals surface area contributed by atoms with Gasteiger partial charge in [0.25, 0.3) is 0 Å². The summed E-state index contributed by atoms with van der Waals surface area (Å²) >= 11 is 1.38. The minimum absolute atomic E-state index is 0.119. The third kappa shape index (κ3) is 2.72. The summed E-state index contributed by atoms with van der Waals surface area (Å²) < 4.78 is 5.89. The van der Waals surface area contributed by atoms with Gasteiger partial charge in [-0.3, -0.25) is 9.59 Å². The van der Waals surface area contributed by atoms with Crippen LogP contribution >= 0.6 is 11.8 Å². The van der Waals surface area contributed by atoms with Crippen LogP contribution in [0.2, 0.25) is 0 Å². The predicted octanol–water partition coefficient (Wildman–Crippen LogP) is -0.945. The quantitative estimate of drug-likeness (QED) is 0.385. The maximum absolute atomic E-state index is 12.6. The van der Waals surface area contributed by atoms with E-state index < -0.39 is 10.7 Å². The van der Waals surface area contributed by atoms with Gasteiger partial charge in [0.05, 0.1) is 17.9 Å². The van der Waals surface area contributed by atoms with E-state index in [-0.39, 0.29) is 37.0 Å². The van der Waals surface area contributed by atoms with E-state index in [1.807, 2.05) is 0 Å². The van der Waals surface area contributed by atoms with Crippen molar-refractivity contribution in [2.24, 2.45) is 5.92 Å². The normalized spacial score (nSPS) is 29.1. The van der Waals surface area contributed by atoms with Crippen molar-refractivity contribution in [3.63, 3.8) is 0 Å². The van der Waals surface area contributed by atoms with E-state index in [4.69, 9.17) is 4.74 Å². The Balaban J connectivity index is 1.76. The number of fused-ring (bicyclic) bond motifs is 1. The first-order valence-electron chi connectivity index (χ1n) is 7.19. The number of esters is 1. The molecule has 0 radical (unpaired) electrons. The van der Waals surface area contributed by atoms with E-state index in [2.05, 4.69) is 22.1 Å². The van der Waals surface area contributed by atoms with Crippen LogP contribution in [0.3, 0.4) is 0 Å². The highest BCUT2D eigenvalue weighted by Crippen LogP contribution is 2.51. The van der Waals surface area contributed by atoms with Crippen LogP contribution in [-0.4, -0.2) is 72.0 Å². The van der Waals surface area contributed by atoms with E-state index in [1.54, 1.807) is 4.90 Å². The predicted molar refractivity (Wildman–Crippen MR) is 80.0 cm³/mol. The van der Waals surface area contributed by atoms with Gasteiger partial charge in [-0.2, -0.15) is 0 Å². The Kier molecular flexibility index (Phi) is 4.35. The van der Waals surface area contributed by atoms with E-state index in [9.17, 15) is 14.7 Å². The van der Waals surface area contributed by atoms with Crippen LogP contribution in [0.5, 0.6) is 0 Å². The number of aliphatic hydroxyl groups excluding tert-OH is 1. The average Bonchev–Trinajstić information content (AvgIpc) is 3.18. The Bertz CT molecular complexity index is 610. The molecule has 0 bridgehead atoms. The number of carbonyl (C=O) groups is 2. The molecular formula is C13H17N5O4S. The van der Waals surface area contributed by atoms with Crippen LogP contribution in [0.15, 0.2) is 19.0 Å². The van der Waals surface area contributed by atoms with E-state index in [0.717, 1.165) is 0 Å². The number of tetrazole rings is 1. The van der Waals surface area contributed by atoms with Crippen LogP contribution in [0.4, 0.5) is 0 Å². The lowest BCUT2D eigenvalue weighted by Crippen LogP contribution is -2.58. The van der Waals surface area contributed by atoms with Gasteiger partial charge in [-0.25, -0.2) is 4.68 Å². The van der Waals surface area contributed by atoms with Crippen LogP contribution in [0.1, 0.15) is 6.42 Å². The van der Waals surface area contributed by atoms with Crippen molar-refractivity contribution in [3.8, 4) is 0 Å². The Morgan fingerprint density at radius 1 is 1.65 bits per heavy atom. The summed E-state index contributed by atoms with van der Waals surface area (Å²) in [6, 6.07) is 0. The molecule has 1 unspecified atom stereocenters. The van der Waals surface area contributed by atoms with Gasteiger partial charge >= 0.3 is 5.97 Å². The monoisotopic (exact) mass is 339 g/mol. The van der Waals surface area contributed by atoms with Crippen molar-refractivity contribution in [1.82, 2.24) is 25.1 Å². The minimum Gasteiger partial charge on any atom is -0.460 e. The van der Waals surface area contributed by atoms with Gasteiger partial charge in [0.1, 0.15) is 17.7 Å². The highest BCUT2D eigenvalue weighted by atomic mass is 32.2. The molecule has 0 saturated carbocycles. The molecule has 2 saturated heterocycles. The van der Waals surface area contributed by atoms with Gasteiger partial charge in [0, 0.05) is 13.1 Å². The van der Waals surface area contributed by atoms with Crippen LogP contribution in [-0.2, 0) is 20.9 Å². The second-order valence-corrected chi connectivity index (χ2v) is 6.97. The number of aromatic nitrogens is 4. The zero-order chi connectivity index (χ0) is 16.4. The molecule has 3 heterocycles. The van der Waals surface area contributed by atoms with Gasteiger partial charge in [-0.15, -0.1) is 16.9 Å². The number of nitrogens with zero attached hydrogens (tertiary/aromatic N) is 5. The van der Waals surface area contributed by atoms with Crippen molar-refractivity contribution >= 4 is 23.6 Å². The largest absolute Gasteiger partial charge is 0.460 e. The summed E-state index contributed by atoms with van der Waals surface area (Å²) in [6.07, 6.45) is 3.40. The maximum atomic E-state index is 12.6. The van der Waals surface area contributed by atoms with E-state index >= 15 is 0 Å². The molecule has 2 aliphatic rings. The number of hydrogen-bond acceptors (Lipinski definition) is 8. The van der Waals surface area contributed by atoms with Gasteiger partial charge in [0.15, 0.2) is 0 Å². The molecule has 2 fully saturated rings. The van der Waals surface area contributed by atoms with Gasteiger partial charge < -0.3 is 14.7 Å². The number of hydrogen-bond donors (Lipinski definition) is 1. The molecule has 3 atom stereocenters. The Morgan fingerprint density at radius 2 is 2.48 bits per heavy atom. The number of carbonyl (C=O) groups excluding carboxylic acids is 2. The number of amides is 1. The second-order valence-electron chi connectivity index (χ2n) is 5.47. The standard InChI is InChI=1S/C13H17N5O4S/c1-2-5-22-12(21)13(3-4-17-8-14-15-16-17)7-18-10(20)9(6-19)11(18)23-13/h2,8-9,11,19H,1,3-7H2/t9-,11+,13?/m0/s1. The fourth-order valence-electron chi connectivity index (χ4n) is 2.82. The summed E-state index contributed by atoms with van der Waals surface area (Å²) in [5.74, 6) is -0.942. The van der Waals surface area contributed by atoms with Gasteiger partial charge in [0.2, 0.25) is 5.91 Å². The van der Waals surface area contributed by atoms with Crippen LogP contribution in [0.25, 0.3) is 0 Å². The van der Waals surface area contributed by atoms with Crippen molar-refractivity contribution in [2.75, 3.05) is 19.8 Å². The zero-order valence-electron chi connectivity index (χ0n) is 12.4. The first-order valence-corrected chi connectivity index (χ1v) is 8.07. The Morgan fingerprint density at radius 3 is 3.13 bits per heavy atom. The number of β-lactam (4-membered cyclic amide) rings is 1. The third-order valence-electron chi connectivity index (χ3n) is 4.06. The van der Waals surface area contributed by atoms with Gasteiger partial charge in [-0.05, 0) is 16.8 Å². The molecule has 1 aromatic rings. The van der Waals surface area contributed by atoms with Crippen molar-refractivity contribution < 1.29 is 19.4 Å². The molecular weight excluding hydrogens is 322 g/mol. The highest BCUT2D eigenvalue weighted by molar-refractivity contribution is 8.02. The van der Waals surface area contributed by atoms with Crippen molar-refractivity contribution in [2.45, 2.75) is 23.1 Å². The van der Waals surface area contributed by atoms with Gasteiger partial charge in [-0.1, -0.05) is 12.7 Å². The number of ether oxygens (including phenoxy) is 1. The molecule has 0 spiro atoms. The second kappa shape index (κ2) is 6.28. The fourth-order valence-corrected chi connectivity index (χ4v) is 4.53. The maximum Gasteiger partial charge on any atom is 0.324 e. The van der Waals surface area contributed by atoms with Crippen molar-refractivity contribution in [1.29, 1.82) is 0 Å². The summed E-state index contributed by atoms with van der Waals surface area (Å²) in [5, 5.41) is 20.0. The van der Waals surface area contributed by atoms with Crippen LogP contribution < -0.4 is 0 Å². The summed E-state index contributed by atoms with van der Waals surface area (Å²) in [4.78, 5) is 26.2. The summed E-state index contributed by atoms with van der Waals surface area (Å²) in [5.41, 5.74) is 0. The number of aliphatic hydroxyl groups is 1. The third-order valence-corrected chi connectivity index (χ3v) is 5.84. The lowest BCUT2D eigenvalue weighted by Gasteiger charge is -2.40. The summed E-state index contributed by atoms with van der Waals surface area (Å²) in [6.45, 7) is 4.15. The lowest BCUT2D eigenvalue weighted by atomic mass is 9.96. The highest BCUT2D eigenvalue weighted by Gasteiger charge is 2.61. The average molecular weight is 339 g/mol. The molecule has 124 valence electrons. The zero-order valence-corrected chi connectivity index (χ0v) is 13.2. The molecule has 1 N–H and O–H groups in total. The molecule has 1 amide bonds. The van der Waals surface area contributed by atoms with E-state index in [0.29, 0.717) is 13.0 Å². The number of thioether (sulfide) groups is 1. The van der Waals surface area contributed by atoms with Crippen LogP contribution in [0, 0.1) is 5.92 Å². The molecule has 0 aromatic carbocycles. The first-order chi connectivity index (χ1) is 11.1. The smallest absolute Gasteiger partial charge is 0.324 e. The topological polar surface area (TPSA) is 110 Å². The molecule has 9 nitrogen and oxygen atoms in total. The molecule has 2 aliphatic heterocycles. The lowest BCUT2D eigenvalue weighted by molar-refractivity contribution is -0.153. The van der Waals surface area contributed by atoms with E-state index in [1.165, 1.54) is 28.8 Å². The molecule has 0 aliphatic carbocycles. The number of rotatable bonds is 7. The molecule has 3 rings (SSSR count). The fraction of sp³-hybridized carbons (Fsp3) is 0.615. The Hall–Kier alpha value is -1.94. The summed E-state index contributed by atoms with van der Waals surface area (Å²) in [7, 11) is 0. The minimum atomic E-state index is -0.876. The van der Waals surface area contributed by atoms with Crippen molar-refractivity contribution in [3.05, 3.63) is 19.0 Å². The molecule has 23 heavy (non-hydrogen) atoms. The first kappa shape index (κ1) is 15.9. The molecule has 10 heteroatoms.